The van der Waals surface area contributed by atoms with Crippen molar-refractivity contribution in [1.29, 1.82) is 0 Å². The summed E-state index contributed by atoms with van der Waals surface area (Å²) < 4.78 is 0. The Kier molecular flexibility index (Phi) is 2.01. The summed E-state index contributed by atoms with van der Waals surface area (Å²) in [6.45, 7) is 13.3. The Balaban J connectivity index is 3.01. The molecular formula is C9H11NS. The van der Waals surface area contributed by atoms with Gasteiger partial charge in [-0.1, -0.05) is 20.8 Å². The van der Waals surface area contributed by atoms with Gasteiger partial charge >= 0.3 is 0 Å². The average molecular weight is 165 g/mol. The van der Waals surface area contributed by atoms with Gasteiger partial charge in [-0.15, -0.1) is 0 Å². The maximum Gasteiger partial charge on any atom is 0.197 e. The van der Waals surface area contributed by atoms with Gasteiger partial charge in [-0.25, -0.2) is 4.85 Å². The van der Waals surface area contributed by atoms with Crippen LogP contribution in [0, 0.1) is 6.57 Å². The van der Waals surface area contributed by atoms with E-state index in [1.54, 1.807) is 11.3 Å². The third-order valence-corrected chi connectivity index (χ3v) is 2.80. The van der Waals surface area contributed by atoms with Crippen molar-refractivity contribution >= 4 is 17.0 Å². The molecule has 58 valence electrons. The van der Waals surface area contributed by atoms with Crippen LogP contribution in [-0.2, 0) is 5.41 Å². The molecule has 11 heavy (non-hydrogen) atoms. The molecule has 0 aliphatic heterocycles. The zero-order valence-electron chi connectivity index (χ0n) is 7.01. The van der Waals surface area contributed by atoms with Crippen molar-refractivity contribution in [2.75, 3.05) is 0 Å². The lowest BCUT2D eigenvalue weighted by Crippen LogP contribution is -2.07. The summed E-state index contributed by atoms with van der Waals surface area (Å²) in [6, 6.07) is 1.97. The Hall–Kier alpha value is -0.810. The molecule has 0 N–H and O–H groups in total. The van der Waals surface area contributed by atoms with Gasteiger partial charge in [0.15, 0.2) is 5.69 Å². The first-order valence-corrected chi connectivity index (χ1v) is 4.38. The second-order valence-electron chi connectivity index (χ2n) is 3.53. The summed E-state index contributed by atoms with van der Waals surface area (Å²) in [5.74, 6) is 0. The van der Waals surface area contributed by atoms with Crippen LogP contribution in [0.2, 0.25) is 0 Å². The van der Waals surface area contributed by atoms with E-state index in [4.69, 9.17) is 6.57 Å². The van der Waals surface area contributed by atoms with E-state index in [-0.39, 0.29) is 5.41 Å². The molecule has 1 aromatic rings. The minimum absolute atomic E-state index is 0.188. The fourth-order valence-corrected chi connectivity index (χ4v) is 1.69. The average Bonchev–Trinajstić information content (AvgIpc) is 2.32. The van der Waals surface area contributed by atoms with Crippen LogP contribution in [0.1, 0.15) is 25.6 Å². The van der Waals surface area contributed by atoms with Crippen LogP contribution in [0.3, 0.4) is 0 Å². The van der Waals surface area contributed by atoms with Gasteiger partial charge in [0.1, 0.15) is 0 Å². The maximum absolute atomic E-state index is 6.79. The highest BCUT2D eigenvalue weighted by Crippen LogP contribution is 2.31. The monoisotopic (exact) mass is 165 g/mol. The van der Waals surface area contributed by atoms with Gasteiger partial charge in [-0.2, -0.15) is 11.3 Å². The fraction of sp³-hybridized carbons (Fsp3) is 0.444. The quantitative estimate of drug-likeness (QED) is 0.517. The number of hydrogen-bond acceptors (Lipinski definition) is 1. The van der Waals surface area contributed by atoms with Crippen molar-refractivity contribution in [3.05, 3.63) is 27.7 Å². The third kappa shape index (κ3) is 1.81. The molecule has 0 saturated heterocycles. The Labute approximate surface area is 71.5 Å². The smallest absolute Gasteiger partial charge is 0.197 e. The third-order valence-electron chi connectivity index (χ3n) is 1.45. The van der Waals surface area contributed by atoms with Crippen molar-refractivity contribution in [3.63, 3.8) is 0 Å². The van der Waals surface area contributed by atoms with Crippen LogP contribution in [0.5, 0.6) is 0 Å². The first-order valence-electron chi connectivity index (χ1n) is 3.50. The molecule has 2 heteroatoms. The lowest BCUT2D eigenvalue weighted by molar-refractivity contribution is 0.604. The molecule has 0 atom stereocenters. The topological polar surface area (TPSA) is 4.36 Å². The van der Waals surface area contributed by atoms with Crippen molar-refractivity contribution in [2.24, 2.45) is 0 Å². The highest BCUT2D eigenvalue weighted by atomic mass is 32.1. The summed E-state index contributed by atoms with van der Waals surface area (Å²) in [4.78, 5) is 4.65. The molecule has 1 aromatic heterocycles. The number of thiophene rings is 1. The van der Waals surface area contributed by atoms with Crippen molar-refractivity contribution in [1.82, 2.24) is 0 Å². The molecular weight excluding hydrogens is 154 g/mol. The Morgan fingerprint density at radius 1 is 1.45 bits per heavy atom. The zero-order chi connectivity index (χ0) is 8.48. The molecule has 1 rings (SSSR count). The lowest BCUT2D eigenvalue weighted by Gasteiger charge is -2.15. The van der Waals surface area contributed by atoms with Crippen molar-refractivity contribution in [2.45, 2.75) is 26.2 Å². The van der Waals surface area contributed by atoms with Crippen LogP contribution in [0.15, 0.2) is 11.4 Å². The van der Waals surface area contributed by atoms with Crippen LogP contribution < -0.4 is 0 Å². The van der Waals surface area contributed by atoms with E-state index in [1.807, 2.05) is 11.4 Å². The highest BCUT2D eigenvalue weighted by Gasteiger charge is 2.15. The Morgan fingerprint density at radius 2 is 2.09 bits per heavy atom. The fourth-order valence-electron chi connectivity index (χ4n) is 0.778. The summed E-state index contributed by atoms with van der Waals surface area (Å²) in [5.41, 5.74) is 0.952. The number of hydrogen-bond donors (Lipinski definition) is 0. The molecule has 0 unspecified atom stereocenters. The minimum atomic E-state index is 0.188. The lowest BCUT2D eigenvalue weighted by atomic mass is 9.95. The van der Waals surface area contributed by atoms with E-state index in [0.717, 1.165) is 5.69 Å². The van der Waals surface area contributed by atoms with Gasteiger partial charge in [-0.05, 0) is 21.7 Å². The molecule has 0 spiro atoms. The van der Waals surface area contributed by atoms with Crippen LogP contribution in [0.25, 0.3) is 4.85 Å². The molecule has 0 saturated carbocycles. The van der Waals surface area contributed by atoms with Crippen LogP contribution >= 0.6 is 11.3 Å². The van der Waals surface area contributed by atoms with E-state index in [0.29, 0.717) is 0 Å². The van der Waals surface area contributed by atoms with E-state index in [2.05, 4.69) is 25.6 Å². The van der Waals surface area contributed by atoms with Gasteiger partial charge in [0.05, 0.1) is 6.57 Å². The molecule has 1 nitrogen and oxygen atoms in total. The normalized spacial score (nSPS) is 11.1. The molecule has 1 heterocycles. The molecule has 0 radical (unpaired) electrons. The van der Waals surface area contributed by atoms with Crippen LogP contribution in [-0.4, -0.2) is 0 Å². The summed E-state index contributed by atoms with van der Waals surface area (Å²) in [5, 5.41) is 1.91. The first kappa shape index (κ1) is 8.29. The van der Waals surface area contributed by atoms with Gasteiger partial charge in [0, 0.05) is 0 Å². The van der Waals surface area contributed by atoms with E-state index in [9.17, 15) is 0 Å². The second-order valence-corrected chi connectivity index (χ2v) is 4.44. The Bertz CT molecular complexity index is 285. The molecule has 0 bridgehead atoms. The predicted molar refractivity (Wildman–Crippen MR) is 49.3 cm³/mol. The maximum atomic E-state index is 6.79. The predicted octanol–water partition coefficient (Wildman–Crippen LogP) is 3.60. The molecule has 0 amide bonds. The van der Waals surface area contributed by atoms with E-state index < -0.39 is 0 Å². The SMILES string of the molecule is [C-]#[N+]c1csc(C(C)(C)C)c1. The van der Waals surface area contributed by atoms with Gasteiger partial charge in [0.25, 0.3) is 0 Å². The van der Waals surface area contributed by atoms with Gasteiger partial charge < -0.3 is 0 Å². The number of nitrogens with zero attached hydrogens (tertiary/aromatic N) is 1. The highest BCUT2D eigenvalue weighted by molar-refractivity contribution is 7.10. The largest absolute Gasteiger partial charge is 0.237 e. The standard InChI is InChI=1S/C9H11NS/c1-9(2,3)8-5-7(10-4)6-11-8/h5-6H,1-3H3. The minimum Gasteiger partial charge on any atom is -0.237 e. The Morgan fingerprint density at radius 3 is 2.36 bits per heavy atom. The molecule has 0 aliphatic rings. The van der Waals surface area contributed by atoms with E-state index >= 15 is 0 Å². The van der Waals surface area contributed by atoms with E-state index in [1.165, 1.54) is 4.88 Å². The summed E-state index contributed by atoms with van der Waals surface area (Å²) in [7, 11) is 0. The van der Waals surface area contributed by atoms with Crippen LogP contribution in [0.4, 0.5) is 5.69 Å². The zero-order valence-corrected chi connectivity index (χ0v) is 7.83. The second kappa shape index (κ2) is 2.67. The molecule has 0 aromatic carbocycles. The van der Waals surface area contributed by atoms with Gasteiger partial charge in [-0.3, -0.25) is 0 Å². The van der Waals surface area contributed by atoms with Gasteiger partial charge in [0.2, 0.25) is 0 Å². The summed E-state index contributed by atoms with van der Waals surface area (Å²) in [6.07, 6.45) is 0. The number of rotatable bonds is 0. The molecule has 0 fully saturated rings. The molecule has 0 aliphatic carbocycles. The van der Waals surface area contributed by atoms with Crippen molar-refractivity contribution < 1.29 is 0 Å². The summed E-state index contributed by atoms with van der Waals surface area (Å²) >= 11 is 1.67. The first-order chi connectivity index (χ1) is 5.04. The van der Waals surface area contributed by atoms with Crippen molar-refractivity contribution in [3.8, 4) is 0 Å².